The monoisotopic (exact) mass is 251 g/mol. The first-order valence-electron chi connectivity index (χ1n) is 6.78. The van der Waals surface area contributed by atoms with E-state index in [0.717, 1.165) is 24.9 Å². The third-order valence-corrected chi connectivity index (χ3v) is 3.30. The molecule has 1 nitrogen and oxygen atoms in total. The first-order chi connectivity index (χ1) is 8.30. The van der Waals surface area contributed by atoms with E-state index in [2.05, 4.69) is 33.0 Å². The van der Waals surface area contributed by atoms with Gasteiger partial charge in [-0.15, -0.1) is 0 Å². The van der Waals surface area contributed by atoms with Gasteiger partial charge >= 0.3 is 0 Å². The van der Waals surface area contributed by atoms with E-state index in [1.165, 1.54) is 5.56 Å². The van der Waals surface area contributed by atoms with Crippen molar-refractivity contribution in [2.75, 3.05) is 6.54 Å². The lowest BCUT2D eigenvalue weighted by Gasteiger charge is -2.26. The minimum atomic E-state index is -0.112. The summed E-state index contributed by atoms with van der Waals surface area (Å²) in [6.45, 7) is 11.7. The molecule has 0 spiro atoms. The number of hydrogen-bond donors (Lipinski definition) is 1. The Morgan fingerprint density at radius 1 is 1.28 bits per heavy atom. The fourth-order valence-electron chi connectivity index (χ4n) is 1.91. The summed E-state index contributed by atoms with van der Waals surface area (Å²) in [7, 11) is 0. The first-order valence-corrected chi connectivity index (χ1v) is 6.78. The molecule has 1 N–H and O–H groups in total. The van der Waals surface area contributed by atoms with Crippen LogP contribution in [-0.4, -0.2) is 12.6 Å². The van der Waals surface area contributed by atoms with Crippen molar-refractivity contribution in [3.05, 3.63) is 35.1 Å². The Morgan fingerprint density at radius 2 is 1.94 bits per heavy atom. The van der Waals surface area contributed by atoms with Gasteiger partial charge in [0, 0.05) is 12.6 Å². The first kappa shape index (κ1) is 15.2. The van der Waals surface area contributed by atoms with Gasteiger partial charge in [-0.2, -0.15) is 0 Å². The number of nitrogens with one attached hydrogen (secondary N) is 1. The lowest BCUT2D eigenvalue weighted by molar-refractivity contribution is 0.304. The van der Waals surface area contributed by atoms with Gasteiger partial charge < -0.3 is 5.32 Å². The molecule has 2 heteroatoms. The summed E-state index contributed by atoms with van der Waals surface area (Å²) in [4.78, 5) is 0. The zero-order chi connectivity index (χ0) is 13.8. The van der Waals surface area contributed by atoms with E-state index in [1.807, 2.05) is 19.1 Å². The number of rotatable bonds is 6. The van der Waals surface area contributed by atoms with Crippen LogP contribution >= 0.6 is 0 Å². The van der Waals surface area contributed by atoms with Gasteiger partial charge in [0.1, 0.15) is 5.82 Å². The van der Waals surface area contributed by atoms with E-state index in [9.17, 15) is 4.39 Å². The van der Waals surface area contributed by atoms with Crippen molar-refractivity contribution in [1.82, 2.24) is 5.32 Å². The minimum Gasteiger partial charge on any atom is -0.314 e. The topological polar surface area (TPSA) is 12.0 Å². The van der Waals surface area contributed by atoms with Crippen LogP contribution in [0.25, 0.3) is 0 Å². The largest absolute Gasteiger partial charge is 0.314 e. The summed E-state index contributed by atoms with van der Waals surface area (Å²) in [5.41, 5.74) is 2.24. The van der Waals surface area contributed by atoms with Crippen molar-refractivity contribution >= 4 is 0 Å². The minimum absolute atomic E-state index is 0.112. The molecule has 0 amide bonds. The fraction of sp³-hybridized carbons (Fsp3) is 0.625. The van der Waals surface area contributed by atoms with Crippen LogP contribution < -0.4 is 5.32 Å². The average Bonchev–Trinajstić information content (AvgIpc) is 2.28. The predicted molar refractivity (Wildman–Crippen MR) is 76.4 cm³/mol. The molecule has 0 aliphatic rings. The number of halogens is 1. The van der Waals surface area contributed by atoms with Crippen LogP contribution in [0.5, 0.6) is 0 Å². The summed E-state index contributed by atoms with van der Waals surface area (Å²) >= 11 is 0. The van der Waals surface area contributed by atoms with Crippen molar-refractivity contribution in [3.63, 3.8) is 0 Å². The number of benzene rings is 1. The molecule has 1 aromatic carbocycles. The molecule has 0 saturated heterocycles. The number of hydrogen-bond acceptors (Lipinski definition) is 1. The Kier molecular flexibility index (Phi) is 5.33. The molecule has 0 radical (unpaired) electrons. The van der Waals surface area contributed by atoms with Crippen LogP contribution in [0.4, 0.5) is 4.39 Å². The molecule has 18 heavy (non-hydrogen) atoms. The molecule has 0 heterocycles. The Bertz CT molecular complexity index is 383. The highest BCUT2D eigenvalue weighted by Crippen LogP contribution is 2.23. The third kappa shape index (κ3) is 5.18. The van der Waals surface area contributed by atoms with Crippen LogP contribution in [0, 0.1) is 18.2 Å². The summed E-state index contributed by atoms with van der Waals surface area (Å²) < 4.78 is 13.2. The zero-order valence-electron chi connectivity index (χ0n) is 12.3. The highest BCUT2D eigenvalue weighted by Gasteiger charge is 2.17. The maximum atomic E-state index is 13.2. The zero-order valence-corrected chi connectivity index (χ0v) is 12.3. The van der Waals surface area contributed by atoms with Gasteiger partial charge in [-0.1, -0.05) is 39.8 Å². The molecule has 102 valence electrons. The van der Waals surface area contributed by atoms with Gasteiger partial charge in [0.25, 0.3) is 0 Å². The second kappa shape index (κ2) is 6.33. The van der Waals surface area contributed by atoms with Gasteiger partial charge in [0.05, 0.1) is 0 Å². The van der Waals surface area contributed by atoms with Gasteiger partial charge in [-0.05, 0) is 42.4 Å². The molecule has 1 rings (SSSR count). The molecule has 0 fully saturated rings. The van der Waals surface area contributed by atoms with E-state index < -0.39 is 0 Å². The van der Waals surface area contributed by atoms with Gasteiger partial charge in [0.2, 0.25) is 0 Å². The fourth-order valence-corrected chi connectivity index (χ4v) is 1.91. The van der Waals surface area contributed by atoms with E-state index in [4.69, 9.17) is 0 Å². The summed E-state index contributed by atoms with van der Waals surface area (Å²) in [6.07, 6.45) is 2.12. The maximum Gasteiger partial charge on any atom is 0.126 e. The van der Waals surface area contributed by atoms with Crippen LogP contribution in [0.3, 0.4) is 0 Å². The van der Waals surface area contributed by atoms with Crippen LogP contribution in [0.2, 0.25) is 0 Å². The lowest BCUT2D eigenvalue weighted by atomic mass is 9.86. The molecule has 1 aromatic rings. The van der Waals surface area contributed by atoms with E-state index in [-0.39, 0.29) is 11.2 Å². The molecule has 0 aliphatic carbocycles. The highest BCUT2D eigenvalue weighted by atomic mass is 19.1. The van der Waals surface area contributed by atoms with Crippen molar-refractivity contribution in [1.29, 1.82) is 0 Å². The maximum absolute atomic E-state index is 13.2. The lowest BCUT2D eigenvalue weighted by Crippen LogP contribution is -2.34. The molecular formula is C16H26FN. The third-order valence-electron chi connectivity index (χ3n) is 3.30. The Hall–Kier alpha value is -0.890. The molecule has 0 atom stereocenters. The van der Waals surface area contributed by atoms with Crippen molar-refractivity contribution in [2.45, 2.75) is 53.5 Å². The molecule has 0 aromatic heterocycles. The van der Waals surface area contributed by atoms with Crippen LogP contribution in [0.1, 0.15) is 45.2 Å². The summed E-state index contributed by atoms with van der Waals surface area (Å²) in [6, 6.07) is 5.96. The van der Waals surface area contributed by atoms with Crippen LogP contribution in [0.15, 0.2) is 18.2 Å². The second-order valence-electron chi connectivity index (χ2n) is 6.28. The second-order valence-corrected chi connectivity index (χ2v) is 6.28. The molecule has 0 unspecified atom stereocenters. The predicted octanol–water partition coefficient (Wildman–Crippen LogP) is 4.09. The number of aryl methyl sites for hydroxylation is 2. The Morgan fingerprint density at radius 3 is 2.50 bits per heavy atom. The molecule has 0 saturated carbocycles. The smallest absolute Gasteiger partial charge is 0.126 e. The van der Waals surface area contributed by atoms with Crippen molar-refractivity contribution < 1.29 is 4.39 Å². The van der Waals surface area contributed by atoms with Crippen LogP contribution in [-0.2, 0) is 6.42 Å². The standard InChI is InChI=1S/C16H26FN/c1-12(2)18-11-16(4,5)9-8-14-6-7-15(17)13(3)10-14/h6-7,10,12,18H,8-9,11H2,1-5H3. The van der Waals surface area contributed by atoms with E-state index >= 15 is 0 Å². The van der Waals surface area contributed by atoms with Gasteiger partial charge in [-0.25, -0.2) is 4.39 Å². The quantitative estimate of drug-likeness (QED) is 0.803. The SMILES string of the molecule is Cc1cc(CCC(C)(C)CNC(C)C)ccc1F. The summed E-state index contributed by atoms with van der Waals surface area (Å²) in [5, 5.41) is 3.48. The highest BCUT2D eigenvalue weighted by molar-refractivity contribution is 5.24. The molecular weight excluding hydrogens is 225 g/mol. The molecule has 0 bridgehead atoms. The average molecular weight is 251 g/mol. The van der Waals surface area contributed by atoms with Crippen molar-refractivity contribution in [3.8, 4) is 0 Å². The van der Waals surface area contributed by atoms with Gasteiger partial charge in [-0.3, -0.25) is 0 Å². The van der Waals surface area contributed by atoms with Gasteiger partial charge in [0.15, 0.2) is 0 Å². The van der Waals surface area contributed by atoms with E-state index in [1.54, 1.807) is 6.07 Å². The Balaban J connectivity index is 2.50. The summed E-state index contributed by atoms with van der Waals surface area (Å²) in [5.74, 6) is -0.112. The van der Waals surface area contributed by atoms with E-state index in [0.29, 0.717) is 6.04 Å². The van der Waals surface area contributed by atoms with Crippen molar-refractivity contribution in [2.24, 2.45) is 5.41 Å². The Labute approximate surface area is 111 Å². The normalized spacial score (nSPS) is 12.2. The molecule has 0 aliphatic heterocycles.